The lowest BCUT2D eigenvalue weighted by atomic mass is 10.1. The van der Waals surface area contributed by atoms with Gasteiger partial charge in [-0.15, -0.1) is 24.0 Å². The van der Waals surface area contributed by atoms with Gasteiger partial charge in [0.15, 0.2) is 5.96 Å². The number of hydrogen-bond donors (Lipinski definition) is 2. The van der Waals surface area contributed by atoms with Crippen LogP contribution in [0.25, 0.3) is 0 Å². The molecule has 2 aliphatic rings. The largest absolute Gasteiger partial charge is 0.468 e. The predicted molar refractivity (Wildman–Crippen MR) is 127 cm³/mol. The molecule has 0 bridgehead atoms. The van der Waals surface area contributed by atoms with Crippen molar-refractivity contribution in [1.29, 1.82) is 0 Å². The second-order valence-corrected chi connectivity index (χ2v) is 7.68. The molecular weight excluding hydrogens is 465 g/mol. The van der Waals surface area contributed by atoms with Gasteiger partial charge >= 0.3 is 0 Å². The van der Waals surface area contributed by atoms with Gasteiger partial charge in [0.1, 0.15) is 5.76 Å². The molecule has 0 aromatic carbocycles. The number of piperidine rings is 1. The third-order valence-electron chi connectivity index (χ3n) is 5.61. The Labute approximate surface area is 187 Å². The molecule has 28 heavy (non-hydrogen) atoms. The van der Waals surface area contributed by atoms with Crippen LogP contribution in [-0.2, 0) is 0 Å². The molecule has 7 heteroatoms. The van der Waals surface area contributed by atoms with Crippen LogP contribution < -0.4 is 10.6 Å². The summed E-state index contributed by atoms with van der Waals surface area (Å²) in [6, 6.07) is 4.31. The van der Waals surface area contributed by atoms with Crippen LogP contribution in [0.5, 0.6) is 0 Å². The molecule has 0 radical (unpaired) electrons. The van der Waals surface area contributed by atoms with Gasteiger partial charge in [0.2, 0.25) is 0 Å². The van der Waals surface area contributed by atoms with E-state index in [1.807, 2.05) is 6.07 Å². The van der Waals surface area contributed by atoms with E-state index < -0.39 is 0 Å². The Morgan fingerprint density at radius 2 is 1.86 bits per heavy atom. The first kappa shape index (κ1) is 23.5. The number of rotatable bonds is 9. The van der Waals surface area contributed by atoms with Crippen LogP contribution in [0.3, 0.4) is 0 Å². The van der Waals surface area contributed by atoms with Gasteiger partial charge in [-0.25, -0.2) is 0 Å². The predicted octanol–water partition coefficient (Wildman–Crippen LogP) is 3.47. The van der Waals surface area contributed by atoms with Crippen molar-refractivity contribution in [1.82, 2.24) is 20.4 Å². The number of nitrogens with zero attached hydrogens (tertiary/aromatic N) is 3. The molecule has 1 atom stereocenters. The number of furan rings is 1. The van der Waals surface area contributed by atoms with Gasteiger partial charge in [-0.3, -0.25) is 9.89 Å². The van der Waals surface area contributed by atoms with Crippen molar-refractivity contribution >= 4 is 29.9 Å². The van der Waals surface area contributed by atoms with Crippen LogP contribution in [0.15, 0.2) is 27.8 Å². The summed E-state index contributed by atoms with van der Waals surface area (Å²) in [4.78, 5) is 9.99. The van der Waals surface area contributed by atoms with Crippen LogP contribution in [0, 0.1) is 0 Å². The van der Waals surface area contributed by atoms with E-state index in [2.05, 4.69) is 33.4 Å². The topological polar surface area (TPSA) is 56.0 Å². The fourth-order valence-corrected chi connectivity index (χ4v) is 4.13. The van der Waals surface area contributed by atoms with Crippen LogP contribution >= 0.6 is 24.0 Å². The summed E-state index contributed by atoms with van der Waals surface area (Å²) in [5.74, 6) is 1.96. The van der Waals surface area contributed by atoms with Crippen molar-refractivity contribution in [2.75, 3.05) is 52.4 Å². The maximum atomic E-state index is 5.74. The van der Waals surface area contributed by atoms with E-state index in [1.54, 1.807) is 6.26 Å². The van der Waals surface area contributed by atoms with Gasteiger partial charge < -0.3 is 20.0 Å². The van der Waals surface area contributed by atoms with Crippen molar-refractivity contribution in [3.05, 3.63) is 24.2 Å². The van der Waals surface area contributed by atoms with E-state index in [1.165, 1.54) is 51.7 Å². The Morgan fingerprint density at radius 1 is 1.11 bits per heavy atom. The Balaban J connectivity index is 0.00000280. The summed E-state index contributed by atoms with van der Waals surface area (Å²) in [6.45, 7) is 10.7. The molecule has 1 unspecified atom stereocenters. The number of nitrogens with one attached hydrogen (secondary N) is 2. The Morgan fingerprint density at radius 3 is 2.54 bits per heavy atom. The average Bonchev–Trinajstić information content (AvgIpc) is 3.40. The first-order chi connectivity index (χ1) is 13.4. The second-order valence-electron chi connectivity index (χ2n) is 7.68. The minimum absolute atomic E-state index is 0. The van der Waals surface area contributed by atoms with Gasteiger partial charge in [-0.05, 0) is 83.9 Å². The fourth-order valence-electron chi connectivity index (χ4n) is 4.13. The van der Waals surface area contributed by atoms with Crippen molar-refractivity contribution in [2.24, 2.45) is 4.99 Å². The molecule has 3 heterocycles. The third-order valence-corrected chi connectivity index (χ3v) is 5.61. The van der Waals surface area contributed by atoms with E-state index >= 15 is 0 Å². The quantitative estimate of drug-likeness (QED) is 0.234. The maximum Gasteiger partial charge on any atom is 0.191 e. The molecule has 2 aliphatic heterocycles. The van der Waals surface area contributed by atoms with E-state index in [0.29, 0.717) is 0 Å². The third kappa shape index (κ3) is 7.55. The van der Waals surface area contributed by atoms with Crippen LogP contribution in [0.1, 0.15) is 57.3 Å². The lowest BCUT2D eigenvalue weighted by Gasteiger charge is -2.32. The smallest absolute Gasteiger partial charge is 0.191 e. The molecule has 6 nitrogen and oxygen atoms in total. The van der Waals surface area contributed by atoms with Crippen molar-refractivity contribution < 1.29 is 4.42 Å². The van der Waals surface area contributed by atoms with Crippen molar-refractivity contribution in [3.8, 4) is 0 Å². The summed E-state index contributed by atoms with van der Waals surface area (Å²) in [5, 5.41) is 6.90. The van der Waals surface area contributed by atoms with Gasteiger partial charge in [-0.1, -0.05) is 6.42 Å². The van der Waals surface area contributed by atoms with Gasteiger partial charge in [0, 0.05) is 13.1 Å². The zero-order valence-corrected chi connectivity index (χ0v) is 19.7. The highest BCUT2D eigenvalue weighted by molar-refractivity contribution is 14.0. The van der Waals surface area contributed by atoms with E-state index in [0.717, 1.165) is 50.9 Å². The molecule has 0 spiro atoms. The molecule has 160 valence electrons. The van der Waals surface area contributed by atoms with E-state index in [-0.39, 0.29) is 30.0 Å². The highest BCUT2D eigenvalue weighted by Crippen LogP contribution is 2.25. The number of aliphatic imine (C=N–C) groups is 1. The van der Waals surface area contributed by atoms with E-state index in [9.17, 15) is 0 Å². The summed E-state index contributed by atoms with van der Waals surface area (Å²) in [6.07, 6.45) is 9.55. The molecule has 2 fully saturated rings. The summed E-state index contributed by atoms with van der Waals surface area (Å²) in [5.41, 5.74) is 0. The molecule has 0 saturated carbocycles. The zero-order valence-electron chi connectivity index (χ0n) is 17.4. The molecule has 2 N–H and O–H groups in total. The number of halogens is 1. The highest BCUT2D eigenvalue weighted by Gasteiger charge is 2.24. The first-order valence-electron chi connectivity index (χ1n) is 10.9. The minimum atomic E-state index is 0. The highest BCUT2D eigenvalue weighted by atomic mass is 127. The molecule has 0 amide bonds. The van der Waals surface area contributed by atoms with Gasteiger partial charge in [-0.2, -0.15) is 0 Å². The number of likely N-dealkylation sites (tertiary alicyclic amines) is 2. The van der Waals surface area contributed by atoms with Crippen molar-refractivity contribution in [2.45, 2.75) is 51.5 Å². The molecule has 1 aromatic rings. The van der Waals surface area contributed by atoms with Gasteiger partial charge in [0.05, 0.1) is 18.8 Å². The summed E-state index contributed by atoms with van der Waals surface area (Å²) < 4.78 is 5.74. The second kappa shape index (κ2) is 13.4. The Kier molecular flexibility index (Phi) is 11.3. The van der Waals surface area contributed by atoms with Gasteiger partial charge in [0.25, 0.3) is 0 Å². The monoisotopic (exact) mass is 503 g/mol. The van der Waals surface area contributed by atoms with E-state index in [4.69, 9.17) is 9.41 Å². The van der Waals surface area contributed by atoms with Crippen LogP contribution in [-0.4, -0.2) is 68.1 Å². The minimum Gasteiger partial charge on any atom is -0.468 e. The number of guanidine groups is 1. The van der Waals surface area contributed by atoms with Crippen LogP contribution in [0.4, 0.5) is 0 Å². The fraction of sp³-hybridized carbons (Fsp3) is 0.762. The SMILES string of the molecule is CCNC(=NCC(c1ccco1)N1CCCCC1)NCCCN1CCCC1.I. The lowest BCUT2D eigenvalue weighted by Crippen LogP contribution is -2.40. The van der Waals surface area contributed by atoms with Crippen LogP contribution in [0.2, 0.25) is 0 Å². The zero-order chi connectivity index (χ0) is 18.7. The number of hydrogen-bond acceptors (Lipinski definition) is 4. The summed E-state index contributed by atoms with van der Waals surface area (Å²) in [7, 11) is 0. The molecule has 3 rings (SSSR count). The summed E-state index contributed by atoms with van der Waals surface area (Å²) >= 11 is 0. The normalized spacial score (nSPS) is 20.0. The average molecular weight is 503 g/mol. The Hall–Kier alpha value is -0.800. The Bertz CT molecular complexity index is 539. The van der Waals surface area contributed by atoms with Crippen molar-refractivity contribution in [3.63, 3.8) is 0 Å². The maximum absolute atomic E-state index is 5.74. The lowest BCUT2D eigenvalue weighted by molar-refractivity contribution is 0.150. The first-order valence-corrected chi connectivity index (χ1v) is 10.9. The standard InChI is InChI=1S/C21H37N5O.HI/c1-2-22-21(23-11-9-14-25-12-6-7-13-25)24-18-19(20-10-8-17-27-20)26-15-4-3-5-16-26;/h8,10,17,19H,2-7,9,11-16,18H2,1H3,(H2,22,23,24);1H. The molecular formula is C21H38IN5O. The molecule has 0 aliphatic carbocycles. The molecule has 2 saturated heterocycles. The molecule has 1 aromatic heterocycles.